The van der Waals surface area contributed by atoms with Gasteiger partial charge in [-0.2, -0.15) is 0 Å². The van der Waals surface area contributed by atoms with E-state index in [-0.39, 0.29) is 28.3 Å². The average Bonchev–Trinajstić information content (AvgIpc) is 3.15. The van der Waals surface area contributed by atoms with Gasteiger partial charge in [-0.1, -0.05) is 13.0 Å². The number of hydrogen-bond donors (Lipinski definition) is 1. The molecule has 31 heavy (non-hydrogen) atoms. The maximum Gasteiger partial charge on any atom is 0.407 e. The minimum Gasteiger partial charge on any atom is -0.465 e. The van der Waals surface area contributed by atoms with Gasteiger partial charge in [-0.3, -0.25) is 0 Å². The molecule has 164 valence electrons. The van der Waals surface area contributed by atoms with E-state index in [0.717, 1.165) is 37.1 Å². The second-order valence-electron chi connectivity index (χ2n) is 7.92. The molecule has 0 saturated carbocycles. The Kier molecular flexibility index (Phi) is 5.47. The Hall–Kier alpha value is -2.94. The van der Waals surface area contributed by atoms with Crippen LogP contribution in [0.4, 0.5) is 9.18 Å². The maximum absolute atomic E-state index is 14.5. The zero-order valence-electron chi connectivity index (χ0n) is 17.2. The molecular formula is C22H23FN2O5S. The number of rotatable bonds is 4. The van der Waals surface area contributed by atoms with Crippen molar-refractivity contribution in [3.63, 3.8) is 0 Å². The molecule has 2 atom stereocenters. The van der Waals surface area contributed by atoms with Crippen molar-refractivity contribution in [1.82, 2.24) is 9.88 Å². The van der Waals surface area contributed by atoms with E-state index in [9.17, 15) is 22.7 Å². The molecule has 0 aliphatic carbocycles. The van der Waals surface area contributed by atoms with Crippen molar-refractivity contribution >= 4 is 27.0 Å². The van der Waals surface area contributed by atoms with Gasteiger partial charge in [-0.25, -0.2) is 22.6 Å². The van der Waals surface area contributed by atoms with Crippen LogP contribution in [0.1, 0.15) is 37.7 Å². The number of likely N-dealkylation sites (tertiary alicyclic amines) is 1. The second kappa shape index (κ2) is 7.96. The number of amides is 1. The maximum atomic E-state index is 14.5. The normalized spacial score (nSPS) is 19.6. The molecule has 0 spiro atoms. The molecule has 1 N–H and O–H groups in total. The van der Waals surface area contributed by atoms with Gasteiger partial charge in [0.1, 0.15) is 11.3 Å². The molecule has 1 aliphatic heterocycles. The van der Waals surface area contributed by atoms with E-state index in [1.165, 1.54) is 17.0 Å². The highest BCUT2D eigenvalue weighted by Crippen LogP contribution is 2.35. The van der Waals surface area contributed by atoms with Crippen LogP contribution in [0.5, 0.6) is 0 Å². The van der Waals surface area contributed by atoms with Crippen molar-refractivity contribution in [3.05, 3.63) is 47.8 Å². The molecule has 2 aromatic carbocycles. The van der Waals surface area contributed by atoms with Crippen LogP contribution in [0.2, 0.25) is 0 Å². The summed E-state index contributed by atoms with van der Waals surface area (Å²) < 4.78 is 43.5. The molecule has 1 saturated heterocycles. The van der Waals surface area contributed by atoms with Gasteiger partial charge in [-0.05, 0) is 61.1 Å². The van der Waals surface area contributed by atoms with Crippen LogP contribution in [0, 0.1) is 5.82 Å². The zero-order valence-corrected chi connectivity index (χ0v) is 18.0. The van der Waals surface area contributed by atoms with Crippen molar-refractivity contribution < 1.29 is 27.1 Å². The summed E-state index contributed by atoms with van der Waals surface area (Å²) >= 11 is 0. The van der Waals surface area contributed by atoms with Gasteiger partial charge in [0.15, 0.2) is 15.4 Å². The van der Waals surface area contributed by atoms with Gasteiger partial charge in [0.25, 0.3) is 0 Å². The highest BCUT2D eigenvalue weighted by atomic mass is 32.2. The molecule has 9 heteroatoms. The Morgan fingerprint density at radius 3 is 2.71 bits per heavy atom. The van der Waals surface area contributed by atoms with Crippen LogP contribution in [0.3, 0.4) is 0 Å². The van der Waals surface area contributed by atoms with E-state index in [1.807, 2.05) is 19.1 Å². The molecule has 3 aromatic rings. The molecule has 2 unspecified atom stereocenters. The molecule has 7 nitrogen and oxygen atoms in total. The Bertz CT molecular complexity index is 1250. The van der Waals surface area contributed by atoms with Gasteiger partial charge < -0.3 is 14.4 Å². The monoisotopic (exact) mass is 446 g/mol. The number of piperidine rings is 1. The number of benzene rings is 2. The number of hydrogen-bond acceptors (Lipinski definition) is 5. The van der Waals surface area contributed by atoms with Gasteiger partial charge in [0, 0.05) is 18.8 Å². The SMILES string of the molecule is CCC1CC(c2ccc3oc(-c4ccc(S(C)(=O)=O)cc4F)nc3c2)CCN1C(=O)O. The number of halogens is 1. The predicted octanol–water partition coefficient (Wildman–Crippen LogP) is 4.67. The van der Waals surface area contributed by atoms with Crippen LogP contribution < -0.4 is 0 Å². The summed E-state index contributed by atoms with van der Waals surface area (Å²) in [5.74, 6) is -0.436. The number of sulfone groups is 1. The minimum absolute atomic E-state index is 0.0257. The lowest BCUT2D eigenvalue weighted by molar-refractivity contribution is 0.0991. The molecule has 1 aromatic heterocycles. The lowest BCUT2D eigenvalue weighted by Crippen LogP contribution is -2.44. The Morgan fingerprint density at radius 1 is 1.29 bits per heavy atom. The van der Waals surface area contributed by atoms with Gasteiger partial charge >= 0.3 is 6.09 Å². The zero-order chi connectivity index (χ0) is 22.3. The van der Waals surface area contributed by atoms with E-state index >= 15 is 0 Å². The third-order valence-electron chi connectivity index (χ3n) is 5.91. The van der Waals surface area contributed by atoms with Crippen molar-refractivity contribution in [2.75, 3.05) is 12.8 Å². The first-order chi connectivity index (χ1) is 14.7. The van der Waals surface area contributed by atoms with E-state index in [1.54, 1.807) is 6.07 Å². The Labute approximate surface area is 179 Å². The van der Waals surface area contributed by atoms with Gasteiger partial charge in [0.2, 0.25) is 5.89 Å². The Balaban J connectivity index is 1.63. The van der Waals surface area contributed by atoms with Crippen LogP contribution in [-0.2, 0) is 9.84 Å². The Morgan fingerprint density at radius 2 is 2.06 bits per heavy atom. The lowest BCUT2D eigenvalue weighted by atomic mass is 9.84. The predicted molar refractivity (Wildman–Crippen MR) is 113 cm³/mol. The van der Waals surface area contributed by atoms with Crippen LogP contribution in [0.25, 0.3) is 22.6 Å². The molecule has 1 aliphatic rings. The first-order valence-electron chi connectivity index (χ1n) is 10.1. The van der Waals surface area contributed by atoms with Crippen molar-refractivity contribution in [1.29, 1.82) is 0 Å². The molecule has 0 radical (unpaired) electrons. The molecule has 0 bridgehead atoms. The number of carbonyl (C=O) groups is 1. The topological polar surface area (TPSA) is 101 Å². The fourth-order valence-corrected chi connectivity index (χ4v) is 4.84. The third-order valence-corrected chi connectivity index (χ3v) is 7.03. The smallest absolute Gasteiger partial charge is 0.407 e. The van der Waals surface area contributed by atoms with E-state index in [0.29, 0.717) is 17.6 Å². The van der Waals surface area contributed by atoms with E-state index in [2.05, 4.69) is 4.98 Å². The number of fused-ring (bicyclic) bond motifs is 1. The summed E-state index contributed by atoms with van der Waals surface area (Å²) in [6, 6.07) is 9.25. The van der Waals surface area contributed by atoms with Gasteiger partial charge in [-0.15, -0.1) is 0 Å². The third kappa shape index (κ3) is 4.14. The number of carboxylic acid groups (broad SMARTS) is 1. The molecular weight excluding hydrogens is 423 g/mol. The molecule has 1 fully saturated rings. The first-order valence-corrected chi connectivity index (χ1v) is 12.0. The largest absolute Gasteiger partial charge is 0.465 e. The highest BCUT2D eigenvalue weighted by molar-refractivity contribution is 7.90. The lowest BCUT2D eigenvalue weighted by Gasteiger charge is -2.37. The summed E-state index contributed by atoms with van der Waals surface area (Å²) in [7, 11) is -3.51. The van der Waals surface area contributed by atoms with Crippen LogP contribution in [0.15, 0.2) is 45.7 Å². The standard InChI is InChI=1S/C22H23FN2O5S/c1-3-15-10-14(8-9-25(15)22(26)27)13-4-7-20-19(11-13)24-21(30-20)17-6-5-16(12-18(17)23)31(2,28)29/h4-7,11-12,14-15H,3,8-10H2,1-2H3,(H,26,27). The molecule has 1 amide bonds. The fraction of sp³-hybridized carbons (Fsp3) is 0.364. The minimum atomic E-state index is -3.51. The average molecular weight is 447 g/mol. The van der Waals surface area contributed by atoms with Gasteiger partial charge in [0.05, 0.1) is 10.5 Å². The highest BCUT2D eigenvalue weighted by Gasteiger charge is 2.31. The van der Waals surface area contributed by atoms with Crippen LogP contribution >= 0.6 is 0 Å². The van der Waals surface area contributed by atoms with Crippen LogP contribution in [-0.4, -0.2) is 48.3 Å². The molecule has 2 heterocycles. The quantitative estimate of drug-likeness (QED) is 0.625. The second-order valence-corrected chi connectivity index (χ2v) is 9.94. The summed E-state index contributed by atoms with van der Waals surface area (Å²) in [5, 5.41) is 9.37. The van der Waals surface area contributed by atoms with Crippen molar-refractivity contribution in [2.24, 2.45) is 0 Å². The first kappa shape index (κ1) is 21.3. The summed E-state index contributed by atoms with van der Waals surface area (Å²) in [6.07, 6.45) is 2.35. The summed E-state index contributed by atoms with van der Waals surface area (Å²) in [5.41, 5.74) is 2.21. The summed E-state index contributed by atoms with van der Waals surface area (Å²) in [4.78, 5) is 17.2. The number of aromatic nitrogens is 1. The number of oxazole rings is 1. The number of nitrogens with zero attached hydrogens (tertiary/aromatic N) is 2. The summed E-state index contributed by atoms with van der Waals surface area (Å²) in [6.45, 7) is 2.47. The fourth-order valence-electron chi connectivity index (χ4n) is 4.21. The van der Waals surface area contributed by atoms with Crippen molar-refractivity contribution in [2.45, 2.75) is 43.0 Å². The van der Waals surface area contributed by atoms with Crippen molar-refractivity contribution in [3.8, 4) is 11.5 Å². The van der Waals surface area contributed by atoms with E-state index in [4.69, 9.17) is 4.42 Å². The van der Waals surface area contributed by atoms with E-state index < -0.39 is 21.7 Å². The molecule has 4 rings (SSSR count).